The first-order valence-corrected chi connectivity index (χ1v) is 5.73. The molecule has 15 heavy (non-hydrogen) atoms. The highest BCUT2D eigenvalue weighted by Gasteiger charge is 2.24. The van der Waals surface area contributed by atoms with Gasteiger partial charge in [0.05, 0.1) is 13.1 Å². The second kappa shape index (κ2) is 6.47. The van der Waals surface area contributed by atoms with Gasteiger partial charge in [0, 0.05) is 12.6 Å². The second-order valence-corrected chi connectivity index (χ2v) is 3.93. The topological polar surface area (TPSA) is 32.3 Å². The summed E-state index contributed by atoms with van der Waals surface area (Å²) in [5.74, 6) is 2.65. The van der Waals surface area contributed by atoms with E-state index in [1.165, 1.54) is 12.8 Å². The molecular formula is C12H20N2O. The lowest BCUT2D eigenvalue weighted by Gasteiger charge is -2.27. The van der Waals surface area contributed by atoms with Crippen molar-refractivity contribution in [3.05, 3.63) is 0 Å². The fourth-order valence-corrected chi connectivity index (χ4v) is 2.20. The van der Waals surface area contributed by atoms with Gasteiger partial charge in [0.15, 0.2) is 0 Å². The van der Waals surface area contributed by atoms with Crippen LogP contribution < -0.4 is 5.32 Å². The molecule has 1 fully saturated rings. The van der Waals surface area contributed by atoms with Gasteiger partial charge >= 0.3 is 0 Å². The number of carbonyl (C=O) groups excluding carboxylic acids is 1. The molecule has 1 aliphatic rings. The van der Waals surface area contributed by atoms with Crippen LogP contribution in [0.2, 0.25) is 0 Å². The van der Waals surface area contributed by atoms with Crippen LogP contribution in [0.1, 0.15) is 32.6 Å². The molecule has 0 aromatic rings. The Kier molecular flexibility index (Phi) is 5.20. The minimum Gasteiger partial charge on any atom is -0.339 e. The smallest absolute Gasteiger partial charge is 0.236 e. The molecule has 0 heterocycles. The van der Waals surface area contributed by atoms with Crippen LogP contribution in [0.25, 0.3) is 0 Å². The van der Waals surface area contributed by atoms with Crippen molar-refractivity contribution in [3.63, 3.8) is 0 Å². The van der Waals surface area contributed by atoms with E-state index in [4.69, 9.17) is 6.42 Å². The van der Waals surface area contributed by atoms with Crippen LogP contribution in [0.4, 0.5) is 0 Å². The summed E-state index contributed by atoms with van der Waals surface area (Å²) in [6, 6.07) is 0.468. The maximum atomic E-state index is 11.8. The van der Waals surface area contributed by atoms with Crippen molar-refractivity contribution in [2.45, 2.75) is 38.6 Å². The maximum Gasteiger partial charge on any atom is 0.236 e. The van der Waals surface area contributed by atoms with Crippen molar-refractivity contribution in [1.29, 1.82) is 0 Å². The van der Waals surface area contributed by atoms with Crippen molar-refractivity contribution in [2.75, 3.05) is 19.6 Å². The summed E-state index contributed by atoms with van der Waals surface area (Å²) in [4.78, 5) is 13.8. The standard InChI is InChI=1S/C12H20N2O/c1-3-9-13-10-12(15)14(4-2)11-7-5-6-8-11/h1,11,13H,4-10H2,2H3. The highest BCUT2D eigenvalue weighted by atomic mass is 16.2. The quantitative estimate of drug-likeness (QED) is 0.540. The predicted molar refractivity (Wildman–Crippen MR) is 61.3 cm³/mol. The molecule has 0 aromatic carbocycles. The third kappa shape index (κ3) is 3.56. The Morgan fingerprint density at radius 2 is 2.20 bits per heavy atom. The van der Waals surface area contributed by atoms with Crippen molar-refractivity contribution in [3.8, 4) is 12.3 Å². The largest absolute Gasteiger partial charge is 0.339 e. The lowest BCUT2D eigenvalue weighted by atomic mass is 10.2. The van der Waals surface area contributed by atoms with Crippen LogP contribution in [0.3, 0.4) is 0 Å². The molecule has 3 heteroatoms. The molecule has 1 N–H and O–H groups in total. The van der Waals surface area contributed by atoms with Crippen molar-refractivity contribution in [1.82, 2.24) is 10.2 Å². The molecule has 0 saturated heterocycles. The predicted octanol–water partition coefficient (Wildman–Crippen LogP) is 1.00. The number of likely N-dealkylation sites (N-methyl/N-ethyl adjacent to an activating group) is 1. The number of nitrogens with zero attached hydrogens (tertiary/aromatic N) is 1. The van der Waals surface area contributed by atoms with E-state index in [1.807, 2.05) is 11.8 Å². The number of rotatable bonds is 5. The van der Waals surface area contributed by atoms with Crippen molar-refractivity contribution in [2.24, 2.45) is 0 Å². The SMILES string of the molecule is C#CCNCC(=O)N(CC)C1CCCC1. The second-order valence-electron chi connectivity index (χ2n) is 3.93. The summed E-state index contributed by atoms with van der Waals surface area (Å²) < 4.78 is 0. The lowest BCUT2D eigenvalue weighted by molar-refractivity contribution is -0.132. The fourth-order valence-electron chi connectivity index (χ4n) is 2.20. The van der Waals surface area contributed by atoms with Gasteiger partial charge in [-0.05, 0) is 19.8 Å². The lowest BCUT2D eigenvalue weighted by Crippen LogP contribution is -2.43. The van der Waals surface area contributed by atoms with E-state index in [-0.39, 0.29) is 5.91 Å². The number of hydrogen-bond donors (Lipinski definition) is 1. The molecular weight excluding hydrogens is 188 g/mol. The molecule has 0 unspecified atom stereocenters. The highest BCUT2D eigenvalue weighted by Crippen LogP contribution is 2.23. The summed E-state index contributed by atoms with van der Waals surface area (Å²) in [5.41, 5.74) is 0. The first-order valence-electron chi connectivity index (χ1n) is 5.73. The Balaban J connectivity index is 2.36. The number of terminal acetylenes is 1. The molecule has 1 rings (SSSR count). The zero-order valence-corrected chi connectivity index (χ0v) is 9.46. The number of nitrogens with one attached hydrogen (secondary N) is 1. The number of carbonyl (C=O) groups is 1. The minimum atomic E-state index is 0.180. The van der Waals surface area contributed by atoms with Gasteiger partial charge in [-0.3, -0.25) is 10.1 Å². The Morgan fingerprint density at radius 3 is 2.73 bits per heavy atom. The first kappa shape index (κ1) is 12.1. The minimum absolute atomic E-state index is 0.180. The number of hydrogen-bond acceptors (Lipinski definition) is 2. The molecule has 0 aromatic heterocycles. The van der Waals surface area contributed by atoms with Gasteiger partial charge < -0.3 is 4.90 Å². The molecule has 1 saturated carbocycles. The van der Waals surface area contributed by atoms with Gasteiger partial charge in [-0.2, -0.15) is 0 Å². The fraction of sp³-hybridized carbons (Fsp3) is 0.750. The monoisotopic (exact) mass is 208 g/mol. The molecule has 1 amide bonds. The van der Waals surface area contributed by atoms with Crippen LogP contribution in [-0.4, -0.2) is 36.5 Å². The van der Waals surface area contributed by atoms with Crippen molar-refractivity contribution < 1.29 is 4.79 Å². The van der Waals surface area contributed by atoms with E-state index in [2.05, 4.69) is 11.2 Å². The highest BCUT2D eigenvalue weighted by molar-refractivity contribution is 5.78. The summed E-state index contributed by atoms with van der Waals surface area (Å²) in [7, 11) is 0. The van der Waals surface area contributed by atoms with E-state index in [1.54, 1.807) is 0 Å². The Morgan fingerprint density at radius 1 is 1.53 bits per heavy atom. The number of amides is 1. The molecule has 0 bridgehead atoms. The maximum absolute atomic E-state index is 11.8. The third-order valence-corrected chi connectivity index (χ3v) is 2.93. The summed E-state index contributed by atoms with van der Waals surface area (Å²) in [6.07, 6.45) is 9.94. The molecule has 84 valence electrons. The summed E-state index contributed by atoms with van der Waals surface area (Å²) in [6.45, 7) is 3.68. The van der Waals surface area contributed by atoms with Crippen LogP contribution in [0, 0.1) is 12.3 Å². The van der Waals surface area contributed by atoms with Crippen molar-refractivity contribution >= 4 is 5.91 Å². The van der Waals surface area contributed by atoms with Gasteiger partial charge in [-0.25, -0.2) is 0 Å². The van der Waals surface area contributed by atoms with Gasteiger partial charge in [-0.1, -0.05) is 18.8 Å². The zero-order chi connectivity index (χ0) is 11.1. The van der Waals surface area contributed by atoms with E-state index in [9.17, 15) is 4.79 Å². The Hall–Kier alpha value is -1.01. The van der Waals surface area contributed by atoms with Crippen LogP contribution >= 0.6 is 0 Å². The molecule has 1 aliphatic carbocycles. The average Bonchev–Trinajstić information content (AvgIpc) is 2.73. The van der Waals surface area contributed by atoms with E-state index < -0.39 is 0 Å². The van der Waals surface area contributed by atoms with E-state index in [0.29, 0.717) is 19.1 Å². The molecule has 3 nitrogen and oxygen atoms in total. The molecule has 0 atom stereocenters. The van der Waals surface area contributed by atoms with Crippen LogP contribution in [-0.2, 0) is 4.79 Å². The Labute approximate surface area is 92.2 Å². The van der Waals surface area contributed by atoms with E-state index in [0.717, 1.165) is 19.4 Å². The molecule has 0 spiro atoms. The van der Waals surface area contributed by atoms with Crippen LogP contribution in [0.5, 0.6) is 0 Å². The first-order chi connectivity index (χ1) is 7.29. The summed E-state index contributed by atoms with van der Waals surface area (Å²) in [5, 5.41) is 2.95. The van der Waals surface area contributed by atoms with Gasteiger partial charge in [0.2, 0.25) is 5.91 Å². The van der Waals surface area contributed by atoms with Gasteiger partial charge in [-0.15, -0.1) is 6.42 Å². The zero-order valence-electron chi connectivity index (χ0n) is 9.46. The molecule has 0 aliphatic heterocycles. The van der Waals surface area contributed by atoms with Crippen LogP contribution in [0.15, 0.2) is 0 Å². The molecule has 0 radical (unpaired) electrons. The van der Waals surface area contributed by atoms with Gasteiger partial charge in [0.1, 0.15) is 0 Å². The third-order valence-electron chi connectivity index (χ3n) is 2.93. The Bertz CT molecular complexity index is 238. The summed E-state index contributed by atoms with van der Waals surface area (Å²) >= 11 is 0. The van der Waals surface area contributed by atoms with E-state index >= 15 is 0 Å². The normalized spacial score (nSPS) is 16.3. The van der Waals surface area contributed by atoms with Gasteiger partial charge in [0.25, 0.3) is 0 Å². The average molecular weight is 208 g/mol.